The SMILES string of the molecule is C=C(C)C(=O)OCCCCCCCCCCCCC(C)CCCCCCCCCC. The summed E-state index contributed by atoms with van der Waals surface area (Å²) in [5.41, 5.74) is 0.493. The van der Waals surface area contributed by atoms with E-state index in [2.05, 4.69) is 20.4 Å². The number of carbonyl (C=O) groups excluding carboxylic acids is 1. The van der Waals surface area contributed by atoms with E-state index in [4.69, 9.17) is 4.74 Å². The molecule has 0 N–H and O–H groups in total. The van der Waals surface area contributed by atoms with Gasteiger partial charge in [0, 0.05) is 5.57 Å². The fourth-order valence-corrected chi connectivity index (χ4v) is 4.07. The first-order chi connectivity index (χ1) is 14.6. The highest BCUT2D eigenvalue weighted by Crippen LogP contribution is 2.19. The van der Waals surface area contributed by atoms with Crippen LogP contribution in [0.5, 0.6) is 0 Å². The summed E-state index contributed by atoms with van der Waals surface area (Å²) in [5.74, 6) is 0.678. The number of carbonyl (C=O) groups is 1. The molecule has 1 unspecified atom stereocenters. The van der Waals surface area contributed by atoms with Gasteiger partial charge >= 0.3 is 5.97 Å². The van der Waals surface area contributed by atoms with Gasteiger partial charge in [-0.3, -0.25) is 0 Å². The van der Waals surface area contributed by atoms with Gasteiger partial charge in [-0.2, -0.15) is 0 Å². The van der Waals surface area contributed by atoms with Gasteiger partial charge in [0.25, 0.3) is 0 Å². The van der Waals surface area contributed by atoms with Crippen LogP contribution in [0.3, 0.4) is 0 Å². The molecule has 178 valence electrons. The minimum absolute atomic E-state index is 0.252. The summed E-state index contributed by atoms with van der Waals surface area (Å²) in [7, 11) is 0. The summed E-state index contributed by atoms with van der Waals surface area (Å²) in [4.78, 5) is 11.2. The largest absolute Gasteiger partial charge is 0.462 e. The number of hydrogen-bond donors (Lipinski definition) is 0. The van der Waals surface area contributed by atoms with Crippen molar-refractivity contribution in [2.45, 2.75) is 149 Å². The lowest BCUT2D eigenvalue weighted by atomic mass is 9.95. The second-order valence-electron chi connectivity index (χ2n) is 9.61. The van der Waals surface area contributed by atoms with E-state index >= 15 is 0 Å². The standard InChI is InChI=1S/C28H54O2/c1-5-6-7-8-9-14-17-20-23-27(4)24-21-18-15-12-10-11-13-16-19-22-25-30-28(29)26(2)3/h27H,2,5-25H2,1,3-4H3. The fourth-order valence-electron chi connectivity index (χ4n) is 4.07. The molecule has 30 heavy (non-hydrogen) atoms. The van der Waals surface area contributed by atoms with Crippen LogP contribution in [0.25, 0.3) is 0 Å². The van der Waals surface area contributed by atoms with Gasteiger partial charge in [0.15, 0.2) is 0 Å². The Balaban J connectivity index is 3.19. The normalized spacial score (nSPS) is 12.1. The summed E-state index contributed by atoms with van der Waals surface area (Å²) in [6, 6.07) is 0. The third-order valence-electron chi connectivity index (χ3n) is 6.22. The van der Waals surface area contributed by atoms with Crippen molar-refractivity contribution in [1.29, 1.82) is 0 Å². The van der Waals surface area contributed by atoms with E-state index in [0.717, 1.165) is 12.3 Å². The minimum atomic E-state index is -0.252. The Morgan fingerprint density at radius 1 is 0.667 bits per heavy atom. The van der Waals surface area contributed by atoms with Crippen molar-refractivity contribution < 1.29 is 9.53 Å². The number of esters is 1. The van der Waals surface area contributed by atoms with Crippen molar-refractivity contribution in [2.75, 3.05) is 6.61 Å². The van der Waals surface area contributed by atoms with Crippen molar-refractivity contribution in [3.63, 3.8) is 0 Å². The third kappa shape index (κ3) is 21.9. The van der Waals surface area contributed by atoms with Gasteiger partial charge in [-0.15, -0.1) is 0 Å². The molecule has 0 fully saturated rings. The zero-order chi connectivity index (χ0) is 22.3. The van der Waals surface area contributed by atoms with Gasteiger partial charge in [0.05, 0.1) is 6.61 Å². The number of ether oxygens (including phenoxy) is 1. The van der Waals surface area contributed by atoms with Crippen LogP contribution in [0.2, 0.25) is 0 Å². The van der Waals surface area contributed by atoms with Gasteiger partial charge in [-0.1, -0.05) is 142 Å². The molecular weight excluding hydrogens is 368 g/mol. The molecule has 0 aliphatic carbocycles. The lowest BCUT2D eigenvalue weighted by molar-refractivity contribution is -0.139. The Morgan fingerprint density at radius 2 is 1.03 bits per heavy atom. The molecule has 0 heterocycles. The Labute approximate surface area is 189 Å². The van der Waals surface area contributed by atoms with Crippen molar-refractivity contribution in [3.8, 4) is 0 Å². The van der Waals surface area contributed by atoms with E-state index in [9.17, 15) is 4.79 Å². The summed E-state index contributed by atoms with van der Waals surface area (Å²) in [6.07, 6.45) is 27.6. The number of rotatable bonds is 23. The highest BCUT2D eigenvalue weighted by Gasteiger charge is 2.03. The lowest BCUT2D eigenvalue weighted by Crippen LogP contribution is -2.05. The summed E-state index contributed by atoms with van der Waals surface area (Å²) < 4.78 is 5.11. The Morgan fingerprint density at radius 3 is 1.43 bits per heavy atom. The van der Waals surface area contributed by atoms with Crippen molar-refractivity contribution in [3.05, 3.63) is 12.2 Å². The predicted molar refractivity (Wildman–Crippen MR) is 133 cm³/mol. The second kappa shape index (κ2) is 22.9. The number of hydrogen-bond acceptors (Lipinski definition) is 2. The zero-order valence-corrected chi connectivity index (χ0v) is 21.0. The van der Waals surface area contributed by atoms with E-state index in [0.29, 0.717) is 12.2 Å². The van der Waals surface area contributed by atoms with Gasteiger partial charge in [0.1, 0.15) is 0 Å². The fraction of sp³-hybridized carbons (Fsp3) is 0.893. The maximum Gasteiger partial charge on any atom is 0.333 e. The van der Waals surface area contributed by atoms with Crippen molar-refractivity contribution >= 4 is 5.97 Å². The molecule has 0 aromatic carbocycles. The van der Waals surface area contributed by atoms with Crippen LogP contribution in [-0.4, -0.2) is 12.6 Å². The van der Waals surface area contributed by atoms with Crippen molar-refractivity contribution in [2.24, 2.45) is 5.92 Å². The van der Waals surface area contributed by atoms with Crippen LogP contribution < -0.4 is 0 Å². The van der Waals surface area contributed by atoms with Crippen LogP contribution in [0.15, 0.2) is 12.2 Å². The molecule has 1 atom stereocenters. The summed E-state index contributed by atoms with van der Waals surface area (Å²) in [6.45, 7) is 10.6. The third-order valence-corrected chi connectivity index (χ3v) is 6.22. The molecule has 0 radical (unpaired) electrons. The molecule has 0 saturated heterocycles. The summed E-state index contributed by atoms with van der Waals surface area (Å²) in [5, 5.41) is 0. The highest BCUT2D eigenvalue weighted by molar-refractivity contribution is 5.86. The molecule has 0 aromatic rings. The number of unbranched alkanes of at least 4 members (excludes halogenated alkanes) is 16. The first-order valence-electron chi connectivity index (χ1n) is 13.4. The van der Waals surface area contributed by atoms with E-state index in [1.165, 1.54) is 122 Å². The maximum atomic E-state index is 11.2. The summed E-state index contributed by atoms with van der Waals surface area (Å²) >= 11 is 0. The molecular formula is C28H54O2. The quantitative estimate of drug-likeness (QED) is 0.0930. The Kier molecular flexibility index (Phi) is 22.3. The lowest BCUT2D eigenvalue weighted by Gasteiger charge is -2.11. The van der Waals surface area contributed by atoms with Gasteiger partial charge in [-0.25, -0.2) is 4.79 Å². The topological polar surface area (TPSA) is 26.3 Å². The molecule has 0 bridgehead atoms. The van der Waals surface area contributed by atoms with Crippen LogP contribution in [0, 0.1) is 5.92 Å². The van der Waals surface area contributed by atoms with Gasteiger partial charge in [-0.05, 0) is 19.3 Å². The molecule has 0 aliphatic rings. The van der Waals surface area contributed by atoms with Crippen LogP contribution in [0.4, 0.5) is 0 Å². The molecule has 0 amide bonds. The van der Waals surface area contributed by atoms with Gasteiger partial charge < -0.3 is 4.74 Å². The van der Waals surface area contributed by atoms with Crippen LogP contribution in [0.1, 0.15) is 149 Å². The molecule has 0 spiro atoms. The van der Waals surface area contributed by atoms with Crippen molar-refractivity contribution in [1.82, 2.24) is 0 Å². The Hall–Kier alpha value is -0.790. The highest BCUT2D eigenvalue weighted by atomic mass is 16.5. The van der Waals surface area contributed by atoms with E-state index in [1.54, 1.807) is 6.92 Å². The van der Waals surface area contributed by atoms with Gasteiger partial charge in [0.2, 0.25) is 0 Å². The predicted octanol–water partition coefficient (Wildman–Crippen LogP) is 9.56. The van der Waals surface area contributed by atoms with E-state index in [1.807, 2.05) is 0 Å². The molecule has 0 rings (SSSR count). The first kappa shape index (κ1) is 29.2. The average Bonchev–Trinajstić information content (AvgIpc) is 2.73. The smallest absolute Gasteiger partial charge is 0.333 e. The van der Waals surface area contributed by atoms with Crippen LogP contribution in [-0.2, 0) is 9.53 Å². The monoisotopic (exact) mass is 422 g/mol. The molecule has 2 heteroatoms. The molecule has 0 aliphatic heterocycles. The zero-order valence-electron chi connectivity index (χ0n) is 21.0. The first-order valence-corrected chi connectivity index (χ1v) is 13.4. The molecule has 0 saturated carbocycles. The maximum absolute atomic E-state index is 11.2. The molecule has 0 aromatic heterocycles. The molecule has 2 nitrogen and oxygen atoms in total. The van der Waals surface area contributed by atoms with Crippen LogP contribution >= 0.6 is 0 Å². The Bertz CT molecular complexity index is 388. The second-order valence-corrected chi connectivity index (χ2v) is 9.61. The average molecular weight is 423 g/mol. The van der Waals surface area contributed by atoms with E-state index in [-0.39, 0.29) is 5.97 Å². The van der Waals surface area contributed by atoms with E-state index < -0.39 is 0 Å². The minimum Gasteiger partial charge on any atom is -0.462 e.